The van der Waals surface area contributed by atoms with Gasteiger partial charge in [0.15, 0.2) is 0 Å². The maximum Gasteiger partial charge on any atom is 0.223 e. The quantitative estimate of drug-likeness (QED) is 0.433. The molecule has 6 nitrogen and oxygen atoms in total. The van der Waals surface area contributed by atoms with Gasteiger partial charge in [-0.15, -0.1) is 0 Å². The summed E-state index contributed by atoms with van der Waals surface area (Å²) < 4.78 is 6.16. The van der Waals surface area contributed by atoms with Crippen molar-refractivity contribution in [3.8, 4) is 5.75 Å². The summed E-state index contributed by atoms with van der Waals surface area (Å²) in [6.45, 7) is 15.6. The summed E-state index contributed by atoms with van der Waals surface area (Å²) in [5.41, 5.74) is 2.57. The number of amides is 1. The van der Waals surface area contributed by atoms with Gasteiger partial charge in [0.05, 0.1) is 6.04 Å². The zero-order valence-corrected chi connectivity index (χ0v) is 25.7. The molecule has 1 N–H and O–H groups in total. The normalized spacial score (nSPS) is 22.4. The first kappa shape index (κ1) is 30.1. The Morgan fingerprint density at radius 3 is 2.27 bits per heavy atom. The first-order valence-electron chi connectivity index (χ1n) is 16.1. The SMILES string of the molecule is CC(C)(C)[C@H]1CN(C(c2ccccc2)c2ccc(OCCN3CCCCC3)cc2)CCN1C(=O)CC1CCNCC1. The molecule has 2 aromatic rings. The van der Waals surface area contributed by atoms with Crippen molar-refractivity contribution < 1.29 is 9.53 Å². The third-order valence-electron chi connectivity index (χ3n) is 9.46. The van der Waals surface area contributed by atoms with E-state index in [0.29, 0.717) is 18.2 Å². The number of benzene rings is 2. The predicted molar refractivity (Wildman–Crippen MR) is 167 cm³/mol. The van der Waals surface area contributed by atoms with Gasteiger partial charge in [-0.2, -0.15) is 0 Å². The topological polar surface area (TPSA) is 48.1 Å². The number of nitrogens with zero attached hydrogens (tertiary/aromatic N) is 3. The van der Waals surface area contributed by atoms with E-state index in [1.807, 2.05) is 0 Å². The summed E-state index contributed by atoms with van der Waals surface area (Å²) in [5.74, 6) is 1.80. The van der Waals surface area contributed by atoms with E-state index in [4.69, 9.17) is 4.74 Å². The fourth-order valence-corrected chi connectivity index (χ4v) is 7.00. The molecule has 0 saturated carbocycles. The van der Waals surface area contributed by atoms with Crippen LogP contribution < -0.4 is 10.1 Å². The highest BCUT2D eigenvalue weighted by Crippen LogP contribution is 2.36. The van der Waals surface area contributed by atoms with Crippen LogP contribution in [-0.2, 0) is 4.79 Å². The number of piperidine rings is 2. The van der Waals surface area contributed by atoms with Crippen LogP contribution in [-0.4, -0.2) is 85.6 Å². The minimum absolute atomic E-state index is 0.00422. The lowest BCUT2D eigenvalue weighted by Crippen LogP contribution is -2.60. The van der Waals surface area contributed by atoms with Gasteiger partial charge in [-0.25, -0.2) is 0 Å². The van der Waals surface area contributed by atoms with Crippen molar-refractivity contribution in [3.05, 3.63) is 65.7 Å². The van der Waals surface area contributed by atoms with Crippen molar-refractivity contribution >= 4 is 5.91 Å². The lowest BCUT2D eigenvalue weighted by molar-refractivity contribution is -0.141. The van der Waals surface area contributed by atoms with Crippen molar-refractivity contribution in [1.29, 1.82) is 0 Å². The fraction of sp³-hybridized carbons (Fsp3) is 0.629. The Kier molecular flexibility index (Phi) is 10.4. The van der Waals surface area contributed by atoms with Crippen molar-refractivity contribution in [2.45, 2.75) is 71.4 Å². The van der Waals surface area contributed by atoms with Gasteiger partial charge in [0.25, 0.3) is 0 Å². The molecule has 3 aliphatic rings. The average Bonchev–Trinajstić information content (AvgIpc) is 2.99. The molecule has 6 heteroatoms. The Morgan fingerprint density at radius 1 is 0.902 bits per heavy atom. The second kappa shape index (κ2) is 14.2. The van der Waals surface area contributed by atoms with Gasteiger partial charge in [-0.05, 0) is 86.5 Å². The average molecular weight is 561 g/mol. The van der Waals surface area contributed by atoms with Crippen LogP contribution in [0.2, 0.25) is 0 Å². The lowest BCUT2D eigenvalue weighted by Gasteiger charge is -2.49. The third-order valence-corrected chi connectivity index (χ3v) is 9.46. The van der Waals surface area contributed by atoms with E-state index in [2.05, 4.69) is 95.4 Å². The Balaban J connectivity index is 1.29. The Bertz CT molecular complexity index is 1070. The molecule has 3 fully saturated rings. The molecule has 2 aromatic carbocycles. The number of rotatable bonds is 9. The van der Waals surface area contributed by atoms with Gasteiger partial charge < -0.3 is 15.0 Å². The molecule has 1 amide bonds. The lowest BCUT2D eigenvalue weighted by atomic mass is 9.82. The standard InChI is InChI=1S/C35H52N4O2/c1-35(2,3)32-27-38(22-23-39(32)33(40)26-28-16-18-36-19-17-28)34(29-10-6-4-7-11-29)30-12-14-31(15-13-30)41-25-24-37-20-8-5-9-21-37/h4,6-7,10-15,28,32,34,36H,5,8-9,16-27H2,1-3H3/t32-,34?/m1/s1. The molecule has 0 aromatic heterocycles. The van der Waals surface area contributed by atoms with E-state index in [9.17, 15) is 4.79 Å². The number of nitrogens with one attached hydrogen (secondary N) is 1. The van der Waals surface area contributed by atoms with Crippen molar-refractivity contribution in [2.75, 3.05) is 59.0 Å². The van der Waals surface area contributed by atoms with Crippen LogP contribution in [0.4, 0.5) is 0 Å². The van der Waals surface area contributed by atoms with Gasteiger partial charge in [-0.3, -0.25) is 14.6 Å². The van der Waals surface area contributed by atoms with E-state index in [0.717, 1.165) is 64.5 Å². The number of likely N-dealkylation sites (tertiary alicyclic amines) is 1. The zero-order valence-electron chi connectivity index (χ0n) is 25.7. The molecule has 1 unspecified atom stereocenters. The van der Waals surface area contributed by atoms with Crippen LogP contribution in [0.25, 0.3) is 0 Å². The number of hydrogen-bond donors (Lipinski definition) is 1. The molecule has 3 aliphatic heterocycles. The van der Waals surface area contributed by atoms with Crippen LogP contribution in [0.15, 0.2) is 54.6 Å². The Morgan fingerprint density at radius 2 is 1.59 bits per heavy atom. The molecular formula is C35H52N4O2. The van der Waals surface area contributed by atoms with E-state index in [-0.39, 0.29) is 17.5 Å². The molecule has 41 heavy (non-hydrogen) atoms. The second-order valence-electron chi connectivity index (χ2n) is 13.5. The van der Waals surface area contributed by atoms with Crippen molar-refractivity contribution in [2.24, 2.45) is 11.3 Å². The summed E-state index contributed by atoms with van der Waals surface area (Å²) >= 11 is 0. The Labute approximate surface area is 248 Å². The van der Waals surface area contributed by atoms with Crippen LogP contribution >= 0.6 is 0 Å². The van der Waals surface area contributed by atoms with E-state index in [1.165, 1.54) is 43.5 Å². The van der Waals surface area contributed by atoms with Gasteiger partial charge in [-0.1, -0.05) is 69.7 Å². The molecular weight excluding hydrogens is 508 g/mol. The largest absolute Gasteiger partial charge is 0.492 e. The highest BCUT2D eigenvalue weighted by Gasteiger charge is 2.40. The van der Waals surface area contributed by atoms with Gasteiger partial charge in [0.1, 0.15) is 12.4 Å². The van der Waals surface area contributed by atoms with E-state index >= 15 is 0 Å². The molecule has 224 valence electrons. The van der Waals surface area contributed by atoms with Gasteiger partial charge in [0.2, 0.25) is 5.91 Å². The fourth-order valence-electron chi connectivity index (χ4n) is 7.00. The summed E-state index contributed by atoms with van der Waals surface area (Å²) in [5, 5.41) is 3.44. The molecule has 0 bridgehead atoms. The molecule has 0 radical (unpaired) electrons. The summed E-state index contributed by atoms with van der Waals surface area (Å²) in [6, 6.07) is 19.9. The van der Waals surface area contributed by atoms with Gasteiger partial charge >= 0.3 is 0 Å². The number of piperazine rings is 1. The van der Waals surface area contributed by atoms with Crippen LogP contribution in [0, 0.1) is 11.3 Å². The number of carbonyl (C=O) groups is 1. The summed E-state index contributed by atoms with van der Waals surface area (Å²) in [6.07, 6.45) is 6.90. The van der Waals surface area contributed by atoms with Crippen molar-refractivity contribution in [3.63, 3.8) is 0 Å². The Hall–Kier alpha value is -2.41. The monoisotopic (exact) mass is 560 g/mol. The number of ether oxygens (including phenoxy) is 1. The summed E-state index contributed by atoms with van der Waals surface area (Å²) in [4.78, 5) is 21.0. The highest BCUT2D eigenvalue weighted by atomic mass is 16.5. The second-order valence-corrected chi connectivity index (χ2v) is 13.5. The number of hydrogen-bond acceptors (Lipinski definition) is 5. The van der Waals surface area contributed by atoms with Crippen LogP contribution in [0.1, 0.15) is 76.5 Å². The minimum atomic E-state index is -0.00422. The first-order chi connectivity index (χ1) is 19.9. The van der Waals surface area contributed by atoms with Crippen LogP contribution in [0.5, 0.6) is 5.75 Å². The maximum absolute atomic E-state index is 13.6. The van der Waals surface area contributed by atoms with Gasteiger partial charge in [0, 0.05) is 38.6 Å². The molecule has 0 aliphatic carbocycles. The summed E-state index contributed by atoms with van der Waals surface area (Å²) in [7, 11) is 0. The highest BCUT2D eigenvalue weighted by molar-refractivity contribution is 5.77. The zero-order chi connectivity index (χ0) is 28.7. The maximum atomic E-state index is 13.6. The van der Waals surface area contributed by atoms with E-state index in [1.54, 1.807) is 0 Å². The molecule has 3 saturated heterocycles. The molecule has 2 atom stereocenters. The molecule has 0 spiro atoms. The minimum Gasteiger partial charge on any atom is -0.492 e. The van der Waals surface area contributed by atoms with E-state index < -0.39 is 0 Å². The van der Waals surface area contributed by atoms with Crippen LogP contribution in [0.3, 0.4) is 0 Å². The molecule has 3 heterocycles. The third kappa shape index (κ3) is 8.12. The predicted octanol–water partition coefficient (Wildman–Crippen LogP) is 5.59. The smallest absolute Gasteiger partial charge is 0.223 e. The first-order valence-corrected chi connectivity index (χ1v) is 16.1. The van der Waals surface area contributed by atoms with Crippen molar-refractivity contribution in [1.82, 2.24) is 20.0 Å². The molecule has 5 rings (SSSR count). The number of carbonyl (C=O) groups excluding carboxylic acids is 1.